The fourth-order valence-corrected chi connectivity index (χ4v) is 3.82. The Hall–Kier alpha value is -2.04. The molecule has 0 aliphatic carbocycles. The first kappa shape index (κ1) is 20.7. The number of hydrogen-bond acceptors (Lipinski definition) is 3. The molecule has 1 amide bonds. The van der Waals surface area contributed by atoms with E-state index < -0.39 is 0 Å². The predicted molar refractivity (Wildman–Crippen MR) is 114 cm³/mol. The van der Waals surface area contributed by atoms with Gasteiger partial charge in [-0.3, -0.25) is 9.69 Å². The molecule has 0 aromatic heterocycles. The Morgan fingerprint density at radius 3 is 2.54 bits per heavy atom. The van der Waals surface area contributed by atoms with Gasteiger partial charge in [0.15, 0.2) is 0 Å². The van der Waals surface area contributed by atoms with E-state index in [-0.39, 0.29) is 11.9 Å². The first-order valence-corrected chi connectivity index (χ1v) is 10.6. The highest BCUT2D eigenvalue weighted by Gasteiger charge is 2.25. The van der Waals surface area contributed by atoms with E-state index in [4.69, 9.17) is 16.3 Å². The van der Waals surface area contributed by atoms with Crippen molar-refractivity contribution in [3.8, 4) is 5.75 Å². The fourth-order valence-electron chi connectivity index (χ4n) is 3.56. The summed E-state index contributed by atoms with van der Waals surface area (Å²) in [6.07, 6.45) is 4.51. The predicted octanol–water partition coefficient (Wildman–Crippen LogP) is 5.09. The van der Waals surface area contributed by atoms with Gasteiger partial charge < -0.3 is 10.1 Å². The first-order valence-electron chi connectivity index (χ1n) is 10.2. The van der Waals surface area contributed by atoms with Crippen molar-refractivity contribution in [3.63, 3.8) is 0 Å². The van der Waals surface area contributed by atoms with Gasteiger partial charge in [-0.2, -0.15) is 0 Å². The maximum Gasteiger partial charge on any atom is 0.251 e. The Kier molecular flexibility index (Phi) is 7.75. The fraction of sp³-hybridized carbons (Fsp3) is 0.435. The Morgan fingerprint density at radius 1 is 1.14 bits per heavy atom. The monoisotopic (exact) mass is 400 g/mol. The summed E-state index contributed by atoms with van der Waals surface area (Å²) in [5, 5.41) is 3.85. The highest BCUT2D eigenvalue weighted by atomic mass is 35.5. The topological polar surface area (TPSA) is 41.6 Å². The minimum atomic E-state index is -0.0728. The highest BCUT2D eigenvalue weighted by Crippen LogP contribution is 2.29. The number of benzene rings is 2. The molecule has 5 heteroatoms. The van der Waals surface area contributed by atoms with Gasteiger partial charge in [0.25, 0.3) is 5.91 Å². The van der Waals surface area contributed by atoms with Crippen LogP contribution in [-0.2, 0) is 0 Å². The lowest BCUT2D eigenvalue weighted by molar-refractivity contribution is 0.0938. The van der Waals surface area contributed by atoms with Crippen molar-refractivity contribution in [1.29, 1.82) is 0 Å². The SMILES string of the molecule is CCCCOc1ccc(C(=O)NC[C@H](c2ccccc2Cl)N2CCCC2)cc1. The minimum absolute atomic E-state index is 0.0728. The Morgan fingerprint density at radius 2 is 1.86 bits per heavy atom. The Balaban J connectivity index is 1.62. The molecule has 1 aliphatic rings. The molecule has 2 aromatic carbocycles. The number of carbonyl (C=O) groups is 1. The van der Waals surface area contributed by atoms with E-state index in [1.165, 1.54) is 12.8 Å². The largest absolute Gasteiger partial charge is 0.494 e. The van der Waals surface area contributed by atoms with Crippen LogP contribution >= 0.6 is 11.6 Å². The molecule has 150 valence electrons. The zero-order valence-electron chi connectivity index (χ0n) is 16.5. The van der Waals surface area contributed by atoms with Crippen LogP contribution in [0.1, 0.15) is 54.6 Å². The van der Waals surface area contributed by atoms with Crippen LogP contribution in [0.25, 0.3) is 0 Å². The number of nitrogens with zero attached hydrogens (tertiary/aromatic N) is 1. The van der Waals surface area contributed by atoms with Gasteiger partial charge in [0.1, 0.15) is 5.75 Å². The number of halogens is 1. The molecule has 0 radical (unpaired) electrons. The molecule has 1 fully saturated rings. The molecule has 1 heterocycles. The van der Waals surface area contributed by atoms with E-state index >= 15 is 0 Å². The third kappa shape index (κ3) is 5.49. The number of ether oxygens (including phenoxy) is 1. The van der Waals surface area contributed by atoms with Crippen LogP contribution in [0.15, 0.2) is 48.5 Å². The molecule has 0 spiro atoms. The van der Waals surface area contributed by atoms with E-state index in [0.29, 0.717) is 18.7 Å². The second-order valence-corrected chi connectivity index (χ2v) is 7.62. The maximum absolute atomic E-state index is 12.6. The van der Waals surface area contributed by atoms with Crippen LogP contribution in [0.2, 0.25) is 5.02 Å². The quantitative estimate of drug-likeness (QED) is 0.596. The lowest BCUT2D eigenvalue weighted by Crippen LogP contribution is -2.37. The van der Waals surface area contributed by atoms with Gasteiger partial charge >= 0.3 is 0 Å². The Labute approximate surface area is 172 Å². The van der Waals surface area contributed by atoms with Crippen molar-refractivity contribution in [2.45, 2.75) is 38.6 Å². The van der Waals surface area contributed by atoms with Crippen molar-refractivity contribution < 1.29 is 9.53 Å². The minimum Gasteiger partial charge on any atom is -0.494 e. The number of rotatable bonds is 9. The normalized spacial score (nSPS) is 15.4. The molecule has 4 nitrogen and oxygen atoms in total. The summed E-state index contributed by atoms with van der Waals surface area (Å²) >= 11 is 6.45. The van der Waals surface area contributed by atoms with Crippen LogP contribution in [0.4, 0.5) is 0 Å². The standard InChI is InChI=1S/C23H29ClN2O2/c1-2-3-16-28-19-12-10-18(11-13-19)23(27)25-17-22(26-14-6-7-15-26)20-8-4-5-9-21(20)24/h4-5,8-13,22H,2-3,6-7,14-17H2,1H3,(H,25,27)/t22-/m1/s1. The third-order valence-electron chi connectivity index (χ3n) is 5.18. The van der Waals surface area contributed by atoms with Gasteiger partial charge in [0.05, 0.1) is 12.6 Å². The molecule has 1 N–H and O–H groups in total. The molecule has 0 saturated carbocycles. The van der Waals surface area contributed by atoms with Crippen molar-refractivity contribution in [1.82, 2.24) is 10.2 Å². The maximum atomic E-state index is 12.6. The number of amides is 1. The summed E-state index contributed by atoms with van der Waals surface area (Å²) in [6, 6.07) is 15.4. The summed E-state index contributed by atoms with van der Waals surface area (Å²) in [6.45, 7) is 5.45. The van der Waals surface area contributed by atoms with Crippen LogP contribution in [-0.4, -0.2) is 37.0 Å². The van der Waals surface area contributed by atoms with Crippen molar-refractivity contribution in [3.05, 3.63) is 64.7 Å². The van der Waals surface area contributed by atoms with Gasteiger partial charge in [0, 0.05) is 17.1 Å². The Bertz CT molecular complexity index is 757. The molecule has 1 atom stereocenters. The molecule has 1 aliphatic heterocycles. The van der Waals surface area contributed by atoms with Crippen LogP contribution < -0.4 is 10.1 Å². The average molecular weight is 401 g/mol. The number of hydrogen-bond donors (Lipinski definition) is 1. The second-order valence-electron chi connectivity index (χ2n) is 7.22. The van der Waals surface area contributed by atoms with Crippen molar-refractivity contribution >= 4 is 17.5 Å². The molecule has 0 bridgehead atoms. The first-order chi connectivity index (χ1) is 13.7. The molecule has 3 rings (SSSR count). The third-order valence-corrected chi connectivity index (χ3v) is 5.53. The lowest BCUT2D eigenvalue weighted by atomic mass is 10.0. The second kappa shape index (κ2) is 10.5. The molecular formula is C23H29ClN2O2. The summed E-state index contributed by atoms with van der Waals surface area (Å²) < 4.78 is 5.66. The van der Waals surface area contributed by atoms with Crippen molar-refractivity contribution in [2.75, 3.05) is 26.2 Å². The average Bonchev–Trinajstić information content (AvgIpc) is 3.24. The summed E-state index contributed by atoms with van der Waals surface area (Å²) in [4.78, 5) is 15.1. The van der Waals surface area contributed by atoms with Gasteiger partial charge in [0.2, 0.25) is 0 Å². The van der Waals surface area contributed by atoms with E-state index in [1.807, 2.05) is 42.5 Å². The van der Waals surface area contributed by atoms with Gasteiger partial charge in [-0.15, -0.1) is 0 Å². The van der Waals surface area contributed by atoms with E-state index in [9.17, 15) is 4.79 Å². The van der Waals surface area contributed by atoms with E-state index in [2.05, 4.69) is 23.2 Å². The summed E-state index contributed by atoms with van der Waals surface area (Å²) in [7, 11) is 0. The molecule has 0 unspecified atom stereocenters. The molecular weight excluding hydrogens is 372 g/mol. The smallest absolute Gasteiger partial charge is 0.251 e. The zero-order valence-corrected chi connectivity index (χ0v) is 17.3. The summed E-state index contributed by atoms with van der Waals surface area (Å²) in [5.74, 6) is 0.729. The highest BCUT2D eigenvalue weighted by molar-refractivity contribution is 6.31. The number of carbonyl (C=O) groups excluding carboxylic acids is 1. The molecule has 28 heavy (non-hydrogen) atoms. The van der Waals surface area contributed by atoms with Gasteiger partial charge in [-0.25, -0.2) is 0 Å². The van der Waals surface area contributed by atoms with Gasteiger partial charge in [-0.05, 0) is 68.2 Å². The molecule has 1 saturated heterocycles. The van der Waals surface area contributed by atoms with E-state index in [0.717, 1.165) is 42.3 Å². The lowest BCUT2D eigenvalue weighted by Gasteiger charge is -2.29. The zero-order chi connectivity index (χ0) is 19.8. The summed E-state index contributed by atoms with van der Waals surface area (Å²) in [5.41, 5.74) is 1.72. The van der Waals surface area contributed by atoms with Gasteiger partial charge in [-0.1, -0.05) is 43.1 Å². The van der Waals surface area contributed by atoms with E-state index in [1.54, 1.807) is 0 Å². The number of nitrogens with one attached hydrogen (secondary N) is 1. The van der Waals surface area contributed by atoms with Crippen LogP contribution in [0, 0.1) is 0 Å². The number of unbranched alkanes of at least 4 members (excludes halogenated alkanes) is 1. The van der Waals surface area contributed by atoms with Crippen molar-refractivity contribution in [2.24, 2.45) is 0 Å². The number of likely N-dealkylation sites (tertiary alicyclic amines) is 1. The van der Waals surface area contributed by atoms with Crippen LogP contribution in [0.3, 0.4) is 0 Å². The van der Waals surface area contributed by atoms with Crippen LogP contribution in [0.5, 0.6) is 5.75 Å². The molecule has 2 aromatic rings.